The van der Waals surface area contributed by atoms with E-state index >= 15 is 0 Å². The molecule has 0 bridgehead atoms. The van der Waals surface area contributed by atoms with E-state index in [0.717, 1.165) is 24.3 Å². The predicted octanol–water partition coefficient (Wildman–Crippen LogP) is 1.99. The van der Waals surface area contributed by atoms with Crippen molar-refractivity contribution in [2.45, 2.75) is 6.92 Å². The number of carbonyl (C=O) groups excluding carboxylic acids is 1. The van der Waals surface area contributed by atoms with Gasteiger partial charge in [-0.2, -0.15) is 0 Å². The van der Waals surface area contributed by atoms with E-state index in [4.69, 9.17) is 9.47 Å². The number of anilines is 1. The summed E-state index contributed by atoms with van der Waals surface area (Å²) in [5.74, 6) is 0.0851. The van der Waals surface area contributed by atoms with Gasteiger partial charge in [-0.3, -0.25) is 4.79 Å². The summed E-state index contributed by atoms with van der Waals surface area (Å²) in [7, 11) is 3.38. The Morgan fingerprint density at radius 3 is 1.94 bits per heavy atom. The number of carbonyl (C=O) groups is 1. The number of ether oxygens (including phenoxy) is 2. The molecule has 1 aromatic carbocycles. The van der Waals surface area contributed by atoms with Gasteiger partial charge < -0.3 is 14.4 Å². The third kappa shape index (κ3) is 4.47. The molecule has 0 fully saturated rings. The van der Waals surface area contributed by atoms with Crippen molar-refractivity contribution < 1.29 is 14.3 Å². The molecule has 0 saturated carbocycles. The maximum Gasteiger partial charge on any atom is 0.159 e. The highest BCUT2D eigenvalue weighted by Gasteiger charge is 2.07. The van der Waals surface area contributed by atoms with Crippen LogP contribution < -0.4 is 4.90 Å². The quantitative estimate of drug-likeness (QED) is 0.662. The zero-order chi connectivity index (χ0) is 13.4. The summed E-state index contributed by atoms with van der Waals surface area (Å²) >= 11 is 0. The summed E-state index contributed by atoms with van der Waals surface area (Å²) < 4.78 is 10.2. The molecule has 1 rings (SSSR count). The minimum Gasteiger partial charge on any atom is -0.383 e. The molecule has 0 aliphatic rings. The first-order chi connectivity index (χ1) is 8.69. The number of benzene rings is 1. The molecule has 4 heteroatoms. The van der Waals surface area contributed by atoms with E-state index in [1.165, 1.54) is 0 Å². The van der Waals surface area contributed by atoms with Crippen LogP contribution in [0.25, 0.3) is 0 Å². The van der Waals surface area contributed by atoms with Gasteiger partial charge in [-0.1, -0.05) is 0 Å². The second-order valence-corrected chi connectivity index (χ2v) is 4.08. The number of Topliss-reactive ketones (excluding diaryl/α,β-unsaturated/α-hetero) is 1. The van der Waals surface area contributed by atoms with Gasteiger partial charge in [0.05, 0.1) is 13.2 Å². The highest BCUT2D eigenvalue weighted by molar-refractivity contribution is 5.94. The van der Waals surface area contributed by atoms with Crippen molar-refractivity contribution in [3.05, 3.63) is 29.8 Å². The normalized spacial score (nSPS) is 10.4. The second-order valence-electron chi connectivity index (χ2n) is 4.08. The smallest absolute Gasteiger partial charge is 0.159 e. The van der Waals surface area contributed by atoms with Crippen LogP contribution in [0.5, 0.6) is 0 Å². The monoisotopic (exact) mass is 251 g/mol. The number of rotatable bonds is 8. The lowest BCUT2D eigenvalue weighted by molar-refractivity contribution is 0.101. The molecule has 100 valence electrons. The Hall–Kier alpha value is -1.39. The molecular formula is C14H21NO3. The fraction of sp³-hybridized carbons (Fsp3) is 0.500. The van der Waals surface area contributed by atoms with E-state index in [1.807, 2.05) is 24.3 Å². The van der Waals surface area contributed by atoms with Crippen molar-refractivity contribution >= 4 is 11.5 Å². The van der Waals surface area contributed by atoms with E-state index < -0.39 is 0 Å². The number of hydrogen-bond acceptors (Lipinski definition) is 4. The standard InChI is InChI=1S/C14H21NO3/c1-12(16)13-4-6-14(7-5-13)15(8-10-17-2)9-11-18-3/h4-7H,8-11H2,1-3H3. The fourth-order valence-corrected chi connectivity index (χ4v) is 1.68. The molecule has 0 amide bonds. The average Bonchev–Trinajstić information content (AvgIpc) is 2.39. The maximum absolute atomic E-state index is 11.2. The minimum atomic E-state index is 0.0851. The van der Waals surface area contributed by atoms with Crippen molar-refractivity contribution in [1.82, 2.24) is 0 Å². The van der Waals surface area contributed by atoms with E-state index in [1.54, 1.807) is 21.1 Å². The Morgan fingerprint density at radius 2 is 1.56 bits per heavy atom. The molecule has 4 nitrogen and oxygen atoms in total. The highest BCUT2D eigenvalue weighted by Crippen LogP contribution is 2.15. The zero-order valence-electron chi connectivity index (χ0n) is 11.3. The Bertz CT molecular complexity index is 354. The molecule has 1 aromatic rings. The van der Waals surface area contributed by atoms with Crippen LogP contribution in [0.1, 0.15) is 17.3 Å². The molecule has 0 radical (unpaired) electrons. The predicted molar refractivity (Wildman–Crippen MR) is 72.4 cm³/mol. The molecule has 0 unspecified atom stereocenters. The Labute approximate surface area is 108 Å². The molecule has 0 aliphatic carbocycles. The number of nitrogens with zero attached hydrogens (tertiary/aromatic N) is 1. The maximum atomic E-state index is 11.2. The zero-order valence-corrected chi connectivity index (χ0v) is 11.3. The minimum absolute atomic E-state index is 0.0851. The summed E-state index contributed by atoms with van der Waals surface area (Å²) in [6.45, 7) is 4.51. The number of methoxy groups -OCH3 is 2. The van der Waals surface area contributed by atoms with E-state index in [0.29, 0.717) is 13.2 Å². The summed E-state index contributed by atoms with van der Waals surface area (Å²) in [5, 5.41) is 0. The van der Waals surface area contributed by atoms with Crippen LogP contribution in [0.3, 0.4) is 0 Å². The van der Waals surface area contributed by atoms with Crippen LogP contribution in [-0.4, -0.2) is 46.3 Å². The van der Waals surface area contributed by atoms with Gasteiger partial charge in [0.15, 0.2) is 5.78 Å². The summed E-state index contributed by atoms with van der Waals surface area (Å²) in [6.07, 6.45) is 0. The first-order valence-corrected chi connectivity index (χ1v) is 6.03. The molecule has 18 heavy (non-hydrogen) atoms. The number of hydrogen-bond donors (Lipinski definition) is 0. The second kappa shape index (κ2) is 7.84. The van der Waals surface area contributed by atoms with Crippen LogP contribution in [0.2, 0.25) is 0 Å². The molecular weight excluding hydrogens is 230 g/mol. The van der Waals surface area contributed by atoms with Crippen LogP contribution in [0, 0.1) is 0 Å². The highest BCUT2D eigenvalue weighted by atomic mass is 16.5. The third-order valence-corrected chi connectivity index (χ3v) is 2.77. The fourth-order valence-electron chi connectivity index (χ4n) is 1.68. The molecule has 0 spiro atoms. The van der Waals surface area contributed by atoms with Crippen molar-refractivity contribution in [2.24, 2.45) is 0 Å². The molecule has 0 atom stereocenters. The lowest BCUT2D eigenvalue weighted by Crippen LogP contribution is -2.30. The largest absolute Gasteiger partial charge is 0.383 e. The lowest BCUT2D eigenvalue weighted by Gasteiger charge is -2.24. The van der Waals surface area contributed by atoms with Crippen molar-refractivity contribution in [3.63, 3.8) is 0 Å². The van der Waals surface area contributed by atoms with E-state index in [9.17, 15) is 4.79 Å². The van der Waals surface area contributed by atoms with Gasteiger partial charge in [-0.25, -0.2) is 0 Å². The Morgan fingerprint density at radius 1 is 1.06 bits per heavy atom. The Balaban J connectivity index is 2.73. The number of ketones is 1. The van der Waals surface area contributed by atoms with Crippen molar-refractivity contribution in [3.8, 4) is 0 Å². The summed E-state index contributed by atoms with van der Waals surface area (Å²) in [5.41, 5.74) is 1.81. The van der Waals surface area contributed by atoms with Gasteiger partial charge in [0.1, 0.15) is 0 Å². The van der Waals surface area contributed by atoms with Crippen LogP contribution >= 0.6 is 0 Å². The van der Waals surface area contributed by atoms with Gasteiger partial charge >= 0.3 is 0 Å². The van der Waals surface area contributed by atoms with E-state index in [-0.39, 0.29) is 5.78 Å². The average molecular weight is 251 g/mol. The lowest BCUT2D eigenvalue weighted by atomic mass is 10.1. The summed E-state index contributed by atoms with van der Waals surface area (Å²) in [4.78, 5) is 13.4. The third-order valence-electron chi connectivity index (χ3n) is 2.77. The molecule has 0 aromatic heterocycles. The topological polar surface area (TPSA) is 38.8 Å². The van der Waals surface area contributed by atoms with Crippen LogP contribution in [-0.2, 0) is 9.47 Å². The van der Waals surface area contributed by atoms with Gasteiger partial charge in [0, 0.05) is 38.6 Å². The van der Waals surface area contributed by atoms with Crippen molar-refractivity contribution in [1.29, 1.82) is 0 Å². The van der Waals surface area contributed by atoms with Gasteiger partial charge in [0.2, 0.25) is 0 Å². The first-order valence-electron chi connectivity index (χ1n) is 6.03. The first kappa shape index (κ1) is 14.7. The van der Waals surface area contributed by atoms with Crippen LogP contribution in [0.15, 0.2) is 24.3 Å². The van der Waals surface area contributed by atoms with Gasteiger partial charge in [-0.15, -0.1) is 0 Å². The van der Waals surface area contributed by atoms with Crippen molar-refractivity contribution in [2.75, 3.05) is 45.4 Å². The van der Waals surface area contributed by atoms with Crippen LogP contribution in [0.4, 0.5) is 5.69 Å². The molecule has 0 N–H and O–H groups in total. The van der Waals surface area contributed by atoms with E-state index in [2.05, 4.69) is 4.90 Å². The molecule has 0 aliphatic heterocycles. The van der Waals surface area contributed by atoms with Gasteiger partial charge in [0.25, 0.3) is 0 Å². The van der Waals surface area contributed by atoms with Gasteiger partial charge in [-0.05, 0) is 31.2 Å². The molecule has 0 saturated heterocycles. The SMILES string of the molecule is COCCN(CCOC)c1ccc(C(C)=O)cc1. The molecule has 0 heterocycles. The Kier molecular flexibility index (Phi) is 6.39. The summed E-state index contributed by atoms with van der Waals surface area (Å²) in [6, 6.07) is 7.62.